The summed E-state index contributed by atoms with van der Waals surface area (Å²) < 4.78 is 13.8. The van der Waals surface area contributed by atoms with Crippen molar-refractivity contribution in [3.8, 4) is 11.1 Å². The highest BCUT2D eigenvalue weighted by atomic mass is 19.1. The highest BCUT2D eigenvalue weighted by Gasteiger charge is 2.11. The maximum Gasteiger partial charge on any atom is 0.248 e. The lowest BCUT2D eigenvalue weighted by Crippen LogP contribution is -2.10. The Labute approximate surface area is 162 Å². The molecule has 0 unspecified atom stereocenters. The van der Waals surface area contributed by atoms with Crippen molar-refractivity contribution < 1.29 is 9.18 Å². The number of rotatable bonds is 2. The van der Waals surface area contributed by atoms with Crippen molar-refractivity contribution in [2.75, 3.05) is 0 Å². The Morgan fingerprint density at radius 2 is 1.68 bits per heavy atom. The Bertz CT molecular complexity index is 1110. The van der Waals surface area contributed by atoms with Gasteiger partial charge in [-0.25, -0.2) is 9.37 Å². The minimum absolute atomic E-state index is 0.350. The van der Waals surface area contributed by atoms with E-state index >= 15 is 0 Å². The fourth-order valence-electron chi connectivity index (χ4n) is 3.59. The molecule has 3 N–H and O–H groups in total. The van der Waals surface area contributed by atoms with Crippen LogP contribution >= 0.6 is 0 Å². The summed E-state index contributed by atoms with van der Waals surface area (Å²) in [5.41, 5.74) is 10.8. The zero-order valence-electron chi connectivity index (χ0n) is 15.3. The SMILES string of the molecule is NC(=O)c1ccc(-c2ccnc3[nH]cc(F)c23)cc1.c1ccc2c(c1)CCC2. The largest absolute Gasteiger partial charge is 0.366 e. The Balaban J connectivity index is 0.000000177. The fraction of sp³-hybridized carbons (Fsp3) is 0.130. The number of halogens is 1. The molecule has 140 valence electrons. The van der Waals surface area contributed by atoms with Crippen molar-refractivity contribution in [1.82, 2.24) is 9.97 Å². The van der Waals surface area contributed by atoms with E-state index in [1.807, 2.05) is 0 Å². The molecule has 2 aromatic heterocycles. The topological polar surface area (TPSA) is 71.8 Å². The van der Waals surface area contributed by atoms with Crippen molar-refractivity contribution in [3.63, 3.8) is 0 Å². The molecule has 0 bridgehead atoms. The molecule has 2 heterocycles. The number of amides is 1. The maximum absolute atomic E-state index is 13.8. The van der Waals surface area contributed by atoms with Crippen LogP contribution in [0.2, 0.25) is 0 Å². The third-order valence-corrected chi connectivity index (χ3v) is 5.02. The van der Waals surface area contributed by atoms with E-state index < -0.39 is 5.91 Å². The summed E-state index contributed by atoms with van der Waals surface area (Å²) >= 11 is 0. The average molecular weight is 373 g/mol. The van der Waals surface area contributed by atoms with Gasteiger partial charge in [0.1, 0.15) is 5.65 Å². The highest BCUT2D eigenvalue weighted by molar-refractivity contribution is 5.96. The van der Waals surface area contributed by atoms with Crippen molar-refractivity contribution in [3.05, 3.63) is 89.5 Å². The number of hydrogen-bond donors (Lipinski definition) is 2. The predicted molar refractivity (Wildman–Crippen MR) is 108 cm³/mol. The van der Waals surface area contributed by atoms with Crippen LogP contribution in [0.25, 0.3) is 22.2 Å². The molecule has 0 saturated heterocycles. The summed E-state index contributed by atoms with van der Waals surface area (Å²) in [6.45, 7) is 0. The molecule has 4 nitrogen and oxygen atoms in total. The number of aromatic nitrogens is 2. The Morgan fingerprint density at radius 3 is 2.32 bits per heavy atom. The van der Waals surface area contributed by atoms with Gasteiger partial charge in [-0.2, -0.15) is 0 Å². The average Bonchev–Trinajstić information content (AvgIpc) is 3.35. The van der Waals surface area contributed by atoms with Crippen LogP contribution in [0.15, 0.2) is 67.0 Å². The third-order valence-electron chi connectivity index (χ3n) is 5.02. The molecule has 1 aliphatic carbocycles. The number of carbonyl (C=O) groups excluding carboxylic acids is 1. The van der Waals surface area contributed by atoms with Crippen LogP contribution < -0.4 is 5.73 Å². The summed E-state index contributed by atoms with van der Waals surface area (Å²) in [5.74, 6) is -0.837. The monoisotopic (exact) mass is 373 g/mol. The molecular weight excluding hydrogens is 353 g/mol. The predicted octanol–water partition coefficient (Wildman–Crippen LogP) is 4.64. The highest BCUT2D eigenvalue weighted by Crippen LogP contribution is 2.29. The van der Waals surface area contributed by atoms with E-state index in [1.54, 1.807) is 47.7 Å². The van der Waals surface area contributed by atoms with Gasteiger partial charge in [0.25, 0.3) is 0 Å². The number of aromatic amines is 1. The molecule has 0 radical (unpaired) electrons. The Morgan fingerprint density at radius 1 is 1.00 bits per heavy atom. The Kier molecular flexibility index (Phi) is 4.89. The van der Waals surface area contributed by atoms with Crippen LogP contribution in [-0.4, -0.2) is 15.9 Å². The summed E-state index contributed by atoms with van der Waals surface area (Å²) in [6.07, 6.45) is 6.85. The first-order chi connectivity index (χ1) is 13.6. The van der Waals surface area contributed by atoms with E-state index in [9.17, 15) is 9.18 Å². The first-order valence-corrected chi connectivity index (χ1v) is 9.22. The number of nitrogens with two attached hydrogens (primary N) is 1. The van der Waals surface area contributed by atoms with Gasteiger partial charge in [-0.1, -0.05) is 36.4 Å². The molecule has 5 heteroatoms. The van der Waals surface area contributed by atoms with Crippen LogP contribution in [0.3, 0.4) is 0 Å². The van der Waals surface area contributed by atoms with E-state index in [2.05, 4.69) is 34.2 Å². The van der Waals surface area contributed by atoms with Crippen molar-refractivity contribution in [2.24, 2.45) is 5.73 Å². The third kappa shape index (κ3) is 3.51. The van der Waals surface area contributed by atoms with Gasteiger partial charge in [-0.05, 0) is 59.7 Å². The minimum atomic E-state index is -0.487. The standard InChI is InChI=1S/C14H10FN3O.C9H10/c15-11-7-18-14-12(11)10(5-6-17-14)8-1-3-9(4-2-8)13(16)19;1-2-5-9-7-3-6-8(9)4-1/h1-7H,(H2,16,19)(H,17,18);1-2,4-5H,3,6-7H2. The van der Waals surface area contributed by atoms with Crippen LogP contribution in [0.4, 0.5) is 4.39 Å². The number of aryl methyl sites for hydroxylation is 2. The van der Waals surface area contributed by atoms with Gasteiger partial charge in [0.05, 0.1) is 5.39 Å². The molecule has 0 fully saturated rings. The van der Waals surface area contributed by atoms with Gasteiger partial charge < -0.3 is 10.7 Å². The second kappa shape index (κ2) is 7.64. The first-order valence-electron chi connectivity index (χ1n) is 9.22. The maximum atomic E-state index is 13.8. The number of pyridine rings is 1. The lowest BCUT2D eigenvalue weighted by atomic mass is 10.0. The van der Waals surface area contributed by atoms with E-state index in [0.717, 1.165) is 11.1 Å². The number of nitrogens with one attached hydrogen (secondary N) is 1. The molecule has 0 saturated carbocycles. The second-order valence-electron chi connectivity index (χ2n) is 6.78. The van der Waals surface area contributed by atoms with Gasteiger partial charge in [0.15, 0.2) is 5.82 Å². The zero-order valence-corrected chi connectivity index (χ0v) is 15.3. The number of H-pyrrole nitrogens is 1. The second-order valence-corrected chi connectivity index (χ2v) is 6.78. The minimum Gasteiger partial charge on any atom is -0.366 e. The molecule has 5 rings (SSSR count). The lowest BCUT2D eigenvalue weighted by molar-refractivity contribution is 0.100. The van der Waals surface area contributed by atoms with Crippen LogP contribution in [0, 0.1) is 5.82 Å². The summed E-state index contributed by atoms with van der Waals surface area (Å²) in [5, 5.41) is 0.439. The number of nitrogens with zero attached hydrogens (tertiary/aromatic N) is 1. The van der Waals surface area contributed by atoms with E-state index in [1.165, 1.54) is 25.5 Å². The summed E-state index contributed by atoms with van der Waals surface area (Å²) in [7, 11) is 0. The first kappa shape index (κ1) is 17.9. The van der Waals surface area contributed by atoms with E-state index in [0.29, 0.717) is 16.6 Å². The van der Waals surface area contributed by atoms with Crippen LogP contribution in [-0.2, 0) is 12.8 Å². The smallest absolute Gasteiger partial charge is 0.248 e. The zero-order chi connectivity index (χ0) is 19.5. The lowest BCUT2D eigenvalue weighted by Gasteiger charge is -2.04. The summed E-state index contributed by atoms with van der Waals surface area (Å²) in [4.78, 5) is 17.9. The number of fused-ring (bicyclic) bond motifs is 2. The van der Waals surface area contributed by atoms with E-state index in [4.69, 9.17) is 5.73 Å². The number of primary amides is 1. The molecule has 28 heavy (non-hydrogen) atoms. The van der Waals surface area contributed by atoms with Gasteiger partial charge in [0.2, 0.25) is 5.91 Å². The molecule has 4 aromatic rings. The van der Waals surface area contributed by atoms with E-state index in [-0.39, 0.29) is 5.82 Å². The molecule has 1 aliphatic rings. The molecule has 0 atom stereocenters. The van der Waals surface area contributed by atoms with Gasteiger partial charge in [0, 0.05) is 18.0 Å². The summed E-state index contributed by atoms with van der Waals surface area (Å²) in [6, 6.07) is 17.2. The molecule has 0 spiro atoms. The van der Waals surface area contributed by atoms with Crippen LogP contribution in [0.1, 0.15) is 27.9 Å². The van der Waals surface area contributed by atoms with Crippen molar-refractivity contribution in [2.45, 2.75) is 19.3 Å². The van der Waals surface area contributed by atoms with Crippen molar-refractivity contribution in [1.29, 1.82) is 0 Å². The molecule has 1 amide bonds. The van der Waals surface area contributed by atoms with Gasteiger partial charge in [-0.3, -0.25) is 4.79 Å². The molecule has 2 aromatic carbocycles. The van der Waals surface area contributed by atoms with Gasteiger partial charge >= 0.3 is 0 Å². The fourth-order valence-corrected chi connectivity index (χ4v) is 3.59. The Hall–Kier alpha value is -3.47. The number of benzene rings is 2. The normalized spacial score (nSPS) is 12.3. The number of hydrogen-bond acceptors (Lipinski definition) is 2. The van der Waals surface area contributed by atoms with Crippen LogP contribution in [0.5, 0.6) is 0 Å². The molecular formula is C23H20FN3O. The van der Waals surface area contributed by atoms with Crippen molar-refractivity contribution >= 4 is 16.9 Å². The quantitative estimate of drug-likeness (QED) is 0.537. The van der Waals surface area contributed by atoms with Gasteiger partial charge in [-0.15, -0.1) is 0 Å². The number of carbonyl (C=O) groups is 1. The molecule has 0 aliphatic heterocycles.